The van der Waals surface area contributed by atoms with Crippen molar-refractivity contribution in [1.29, 1.82) is 0 Å². The van der Waals surface area contributed by atoms with E-state index in [1.807, 2.05) is 54.6 Å². The van der Waals surface area contributed by atoms with Gasteiger partial charge in [-0.2, -0.15) is 0 Å². The first-order valence-corrected chi connectivity index (χ1v) is 6.77. The highest BCUT2D eigenvalue weighted by atomic mass is 16.2. The van der Waals surface area contributed by atoms with Crippen LogP contribution >= 0.6 is 0 Å². The Kier molecular flexibility index (Phi) is 3.33. The summed E-state index contributed by atoms with van der Waals surface area (Å²) >= 11 is 0. The molecule has 0 spiro atoms. The van der Waals surface area contributed by atoms with E-state index in [1.165, 1.54) is 4.90 Å². The molecule has 3 heteroatoms. The third kappa shape index (κ3) is 2.23. The number of carbonyl (C=O) groups excluding carboxylic acids is 2. The normalized spacial score (nSPS) is 15.5. The van der Waals surface area contributed by atoms with Crippen LogP contribution in [0, 0.1) is 0 Å². The van der Waals surface area contributed by atoms with Gasteiger partial charge in [0, 0.05) is 18.4 Å². The Morgan fingerprint density at radius 2 is 1.35 bits per heavy atom. The fourth-order valence-electron chi connectivity index (χ4n) is 2.55. The fraction of sp³-hybridized carbons (Fsp3) is 0.176. The lowest BCUT2D eigenvalue weighted by Gasteiger charge is -2.27. The maximum Gasteiger partial charge on any atom is 0.233 e. The van der Waals surface area contributed by atoms with Crippen molar-refractivity contribution in [2.45, 2.75) is 19.3 Å². The summed E-state index contributed by atoms with van der Waals surface area (Å²) < 4.78 is 0. The number of carbonyl (C=O) groups is 2. The standard InChI is InChI=1S/C17H15NO2/c19-16-11-6-12-17(20)18(16)15-10-5-4-9-14(15)13-7-2-1-3-8-13/h1-5,7-10H,6,11-12H2. The average molecular weight is 265 g/mol. The highest BCUT2D eigenvalue weighted by molar-refractivity contribution is 6.18. The monoisotopic (exact) mass is 265 g/mol. The summed E-state index contributed by atoms with van der Waals surface area (Å²) in [7, 11) is 0. The molecule has 0 aliphatic carbocycles. The smallest absolute Gasteiger partial charge is 0.233 e. The molecule has 0 atom stereocenters. The van der Waals surface area contributed by atoms with Crippen LogP contribution in [-0.4, -0.2) is 11.8 Å². The largest absolute Gasteiger partial charge is 0.274 e. The first kappa shape index (κ1) is 12.6. The maximum atomic E-state index is 12.1. The Hall–Kier alpha value is -2.42. The number of para-hydroxylation sites is 1. The number of rotatable bonds is 2. The molecule has 0 unspecified atom stereocenters. The number of hydrogen-bond acceptors (Lipinski definition) is 2. The molecule has 2 aromatic carbocycles. The van der Waals surface area contributed by atoms with E-state index >= 15 is 0 Å². The molecule has 0 N–H and O–H groups in total. The van der Waals surface area contributed by atoms with Crippen LogP contribution in [0.15, 0.2) is 54.6 Å². The van der Waals surface area contributed by atoms with Crippen molar-refractivity contribution in [3.05, 3.63) is 54.6 Å². The summed E-state index contributed by atoms with van der Waals surface area (Å²) in [6, 6.07) is 17.4. The van der Waals surface area contributed by atoms with Gasteiger partial charge in [0.2, 0.25) is 11.8 Å². The SMILES string of the molecule is O=C1CCCC(=O)N1c1ccccc1-c1ccccc1. The number of benzene rings is 2. The van der Waals surface area contributed by atoms with E-state index in [0.29, 0.717) is 24.9 Å². The Labute approximate surface area is 117 Å². The van der Waals surface area contributed by atoms with Crippen molar-refractivity contribution in [3.63, 3.8) is 0 Å². The second-order valence-electron chi connectivity index (χ2n) is 4.86. The molecule has 100 valence electrons. The lowest BCUT2D eigenvalue weighted by atomic mass is 10.0. The minimum absolute atomic E-state index is 0.107. The van der Waals surface area contributed by atoms with Crippen LogP contribution in [0.1, 0.15) is 19.3 Å². The average Bonchev–Trinajstić information content (AvgIpc) is 2.48. The third-order valence-corrected chi connectivity index (χ3v) is 3.51. The molecular weight excluding hydrogens is 250 g/mol. The van der Waals surface area contributed by atoms with Crippen molar-refractivity contribution >= 4 is 17.5 Å². The van der Waals surface area contributed by atoms with Gasteiger partial charge in [-0.05, 0) is 18.1 Å². The Morgan fingerprint density at radius 3 is 2.05 bits per heavy atom. The highest BCUT2D eigenvalue weighted by Crippen LogP contribution is 2.33. The van der Waals surface area contributed by atoms with Crippen molar-refractivity contribution in [1.82, 2.24) is 0 Å². The van der Waals surface area contributed by atoms with Crippen LogP contribution in [-0.2, 0) is 9.59 Å². The van der Waals surface area contributed by atoms with E-state index < -0.39 is 0 Å². The molecule has 3 rings (SSSR count). The van der Waals surface area contributed by atoms with Gasteiger partial charge in [0.1, 0.15) is 0 Å². The number of amides is 2. The Bertz CT molecular complexity index is 633. The van der Waals surface area contributed by atoms with Gasteiger partial charge in [0.15, 0.2) is 0 Å². The zero-order valence-electron chi connectivity index (χ0n) is 11.1. The van der Waals surface area contributed by atoms with E-state index in [4.69, 9.17) is 0 Å². The van der Waals surface area contributed by atoms with E-state index in [1.54, 1.807) is 0 Å². The first-order chi connectivity index (χ1) is 9.77. The molecule has 1 saturated heterocycles. The molecule has 2 amide bonds. The molecule has 0 aromatic heterocycles. The highest BCUT2D eigenvalue weighted by Gasteiger charge is 2.28. The van der Waals surface area contributed by atoms with Crippen LogP contribution in [0.3, 0.4) is 0 Å². The number of hydrogen-bond donors (Lipinski definition) is 0. The van der Waals surface area contributed by atoms with Gasteiger partial charge in [-0.15, -0.1) is 0 Å². The summed E-state index contributed by atoms with van der Waals surface area (Å²) in [5.74, 6) is -0.214. The van der Waals surface area contributed by atoms with Crippen molar-refractivity contribution in [3.8, 4) is 11.1 Å². The number of imide groups is 1. The molecule has 2 aromatic rings. The molecule has 1 fully saturated rings. The molecule has 20 heavy (non-hydrogen) atoms. The molecule has 3 nitrogen and oxygen atoms in total. The van der Waals surface area contributed by atoms with Gasteiger partial charge in [-0.3, -0.25) is 9.59 Å². The van der Waals surface area contributed by atoms with Gasteiger partial charge in [-0.25, -0.2) is 4.90 Å². The lowest BCUT2D eigenvalue weighted by molar-refractivity contribution is -0.129. The molecule has 0 saturated carbocycles. The van der Waals surface area contributed by atoms with E-state index in [-0.39, 0.29) is 11.8 Å². The number of nitrogens with zero attached hydrogens (tertiary/aromatic N) is 1. The second-order valence-corrected chi connectivity index (χ2v) is 4.86. The Morgan fingerprint density at radius 1 is 0.750 bits per heavy atom. The van der Waals surface area contributed by atoms with Crippen molar-refractivity contribution in [2.75, 3.05) is 4.90 Å². The molecule has 1 heterocycles. The predicted octanol–water partition coefficient (Wildman–Crippen LogP) is 3.40. The minimum Gasteiger partial charge on any atom is -0.274 e. The maximum absolute atomic E-state index is 12.1. The summed E-state index contributed by atoms with van der Waals surface area (Å²) in [5.41, 5.74) is 2.61. The second kappa shape index (κ2) is 5.29. The summed E-state index contributed by atoms with van der Waals surface area (Å²) in [6.07, 6.45) is 1.53. The van der Waals surface area contributed by atoms with Gasteiger partial charge >= 0.3 is 0 Å². The van der Waals surface area contributed by atoms with Crippen LogP contribution < -0.4 is 4.90 Å². The minimum atomic E-state index is -0.107. The molecule has 0 bridgehead atoms. The molecule has 0 radical (unpaired) electrons. The van der Waals surface area contributed by atoms with Crippen molar-refractivity contribution in [2.24, 2.45) is 0 Å². The van der Waals surface area contributed by atoms with E-state index in [2.05, 4.69) is 0 Å². The van der Waals surface area contributed by atoms with Gasteiger partial charge in [0.05, 0.1) is 5.69 Å². The predicted molar refractivity (Wildman–Crippen MR) is 78.2 cm³/mol. The Balaban J connectivity index is 2.10. The van der Waals surface area contributed by atoms with Crippen molar-refractivity contribution < 1.29 is 9.59 Å². The van der Waals surface area contributed by atoms with Gasteiger partial charge in [0.25, 0.3) is 0 Å². The zero-order chi connectivity index (χ0) is 13.9. The fourth-order valence-corrected chi connectivity index (χ4v) is 2.55. The van der Waals surface area contributed by atoms with Gasteiger partial charge < -0.3 is 0 Å². The van der Waals surface area contributed by atoms with E-state index in [9.17, 15) is 9.59 Å². The van der Waals surface area contributed by atoms with Crippen LogP contribution in [0.4, 0.5) is 5.69 Å². The molecular formula is C17H15NO2. The van der Waals surface area contributed by atoms with Gasteiger partial charge in [-0.1, -0.05) is 48.5 Å². The summed E-state index contributed by atoms with van der Waals surface area (Å²) in [4.78, 5) is 25.5. The van der Waals surface area contributed by atoms with Crippen LogP contribution in [0.5, 0.6) is 0 Å². The van der Waals surface area contributed by atoms with E-state index in [0.717, 1.165) is 11.1 Å². The summed E-state index contributed by atoms with van der Waals surface area (Å²) in [5, 5.41) is 0. The van der Waals surface area contributed by atoms with Crippen LogP contribution in [0.2, 0.25) is 0 Å². The number of piperidine rings is 1. The quantitative estimate of drug-likeness (QED) is 0.780. The first-order valence-electron chi connectivity index (χ1n) is 6.77. The third-order valence-electron chi connectivity index (χ3n) is 3.51. The molecule has 1 aliphatic rings. The molecule has 1 aliphatic heterocycles. The number of anilines is 1. The zero-order valence-corrected chi connectivity index (χ0v) is 11.1. The lowest BCUT2D eigenvalue weighted by Crippen LogP contribution is -2.40. The van der Waals surface area contributed by atoms with Crippen LogP contribution in [0.25, 0.3) is 11.1 Å². The topological polar surface area (TPSA) is 37.4 Å². The summed E-state index contributed by atoms with van der Waals surface area (Å²) in [6.45, 7) is 0.